The summed E-state index contributed by atoms with van der Waals surface area (Å²) in [6.45, 7) is -0.744. The normalized spacial score (nSPS) is 24.8. The number of alkyl halides is 4. The van der Waals surface area contributed by atoms with Crippen LogP contribution in [-0.4, -0.2) is 24.1 Å². The summed E-state index contributed by atoms with van der Waals surface area (Å²) in [5.74, 6) is -0.843. The first-order valence-electron chi connectivity index (χ1n) is 3.00. The van der Waals surface area contributed by atoms with Crippen molar-refractivity contribution in [2.45, 2.75) is 11.6 Å². The molecule has 0 saturated carbocycles. The maximum Gasteiger partial charge on any atom is 0.415 e. The molecule has 0 aromatic heterocycles. The van der Waals surface area contributed by atoms with E-state index in [1.54, 1.807) is 0 Å². The largest absolute Gasteiger partial charge is 0.459 e. The smallest absolute Gasteiger partial charge is 0.415 e. The van der Waals surface area contributed by atoms with E-state index in [2.05, 4.69) is 4.74 Å². The Balaban J connectivity index is 2.82. The van der Waals surface area contributed by atoms with Crippen LogP contribution >= 0.6 is 11.6 Å². The van der Waals surface area contributed by atoms with Gasteiger partial charge in [0.1, 0.15) is 12.0 Å². The Morgan fingerprint density at radius 1 is 1.58 bits per heavy atom. The van der Waals surface area contributed by atoms with Crippen LogP contribution in [0.25, 0.3) is 0 Å². The molecule has 1 atom stereocenters. The average Bonchev–Trinajstić information content (AvgIpc) is 1.92. The van der Waals surface area contributed by atoms with Crippen LogP contribution in [0.5, 0.6) is 0 Å². The summed E-state index contributed by atoms with van der Waals surface area (Å²) < 4.78 is 39.9. The van der Waals surface area contributed by atoms with Crippen molar-refractivity contribution in [1.82, 2.24) is 0 Å². The van der Waals surface area contributed by atoms with Crippen LogP contribution in [0.3, 0.4) is 0 Å². The van der Waals surface area contributed by atoms with Crippen LogP contribution in [-0.2, 0) is 9.53 Å². The lowest BCUT2D eigenvalue weighted by molar-refractivity contribution is -0.146. The highest BCUT2D eigenvalue weighted by Crippen LogP contribution is 2.29. The Bertz CT molecular complexity index is 233. The number of rotatable bonds is 0. The number of hydrogen-bond donors (Lipinski definition) is 0. The second kappa shape index (κ2) is 2.97. The standard InChI is InChI=1S/C6H4ClF3O2/c7-4-1-3(6(8,9)10)2-12-5(4)11/h1,4H,2H2. The zero-order valence-electron chi connectivity index (χ0n) is 5.69. The van der Waals surface area contributed by atoms with Gasteiger partial charge in [-0.1, -0.05) is 0 Å². The van der Waals surface area contributed by atoms with Gasteiger partial charge in [-0.25, -0.2) is 0 Å². The van der Waals surface area contributed by atoms with E-state index in [4.69, 9.17) is 11.6 Å². The fraction of sp³-hybridized carbons (Fsp3) is 0.500. The minimum Gasteiger partial charge on any atom is -0.459 e. The van der Waals surface area contributed by atoms with E-state index in [1.165, 1.54) is 0 Å². The second-order valence-corrected chi connectivity index (χ2v) is 2.67. The van der Waals surface area contributed by atoms with Crippen LogP contribution in [0, 0.1) is 0 Å². The summed E-state index contributed by atoms with van der Waals surface area (Å²) in [7, 11) is 0. The quantitative estimate of drug-likeness (QED) is 0.338. The van der Waals surface area contributed by atoms with Gasteiger partial charge in [0.2, 0.25) is 0 Å². The molecule has 0 spiro atoms. The van der Waals surface area contributed by atoms with E-state index in [-0.39, 0.29) is 0 Å². The first kappa shape index (κ1) is 9.38. The van der Waals surface area contributed by atoms with Crippen molar-refractivity contribution in [2.24, 2.45) is 0 Å². The van der Waals surface area contributed by atoms with Crippen molar-refractivity contribution in [2.75, 3.05) is 6.61 Å². The van der Waals surface area contributed by atoms with Gasteiger partial charge in [0.25, 0.3) is 0 Å². The van der Waals surface area contributed by atoms with E-state index < -0.39 is 29.7 Å². The lowest BCUT2D eigenvalue weighted by Crippen LogP contribution is -2.29. The number of carbonyl (C=O) groups is 1. The number of ether oxygens (including phenoxy) is 1. The molecule has 0 aromatic rings. The van der Waals surface area contributed by atoms with Crippen molar-refractivity contribution < 1.29 is 22.7 Å². The summed E-state index contributed by atoms with van der Waals surface area (Å²) in [5.41, 5.74) is -0.915. The van der Waals surface area contributed by atoms with Crippen LogP contribution in [0.15, 0.2) is 11.6 Å². The molecule has 1 aliphatic heterocycles. The number of halogens is 4. The monoisotopic (exact) mass is 200 g/mol. The lowest BCUT2D eigenvalue weighted by Gasteiger charge is -2.18. The molecule has 0 amide bonds. The van der Waals surface area contributed by atoms with Crippen molar-refractivity contribution in [3.63, 3.8) is 0 Å². The summed E-state index contributed by atoms with van der Waals surface area (Å²) in [5, 5.41) is -1.32. The highest BCUT2D eigenvalue weighted by molar-refractivity contribution is 6.31. The highest BCUT2D eigenvalue weighted by Gasteiger charge is 2.38. The minimum absolute atomic E-state index is 0.660. The van der Waals surface area contributed by atoms with E-state index in [0.29, 0.717) is 6.08 Å². The summed E-state index contributed by atoms with van der Waals surface area (Å²) in [4.78, 5) is 10.5. The molecule has 1 rings (SSSR count). The Kier molecular flexibility index (Phi) is 2.32. The van der Waals surface area contributed by atoms with Crippen LogP contribution in [0.4, 0.5) is 13.2 Å². The Labute approximate surface area is 70.9 Å². The molecule has 68 valence electrons. The number of carbonyl (C=O) groups excluding carboxylic acids is 1. The predicted octanol–water partition coefficient (Wildman–Crippen LogP) is 1.64. The third-order valence-electron chi connectivity index (χ3n) is 1.31. The zero-order valence-corrected chi connectivity index (χ0v) is 6.45. The van der Waals surface area contributed by atoms with E-state index in [0.717, 1.165) is 0 Å². The molecule has 0 bridgehead atoms. The topological polar surface area (TPSA) is 26.3 Å². The highest BCUT2D eigenvalue weighted by atomic mass is 35.5. The molecule has 6 heteroatoms. The van der Waals surface area contributed by atoms with Crippen LogP contribution < -0.4 is 0 Å². The third-order valence-corrected chi connectivity index (χ3v) is 1.61. The molecule has 2 nitrogen and oxygen atoms in total. The fourth-order valence-electron chi connectivity index (χ4n) is 0.698. The molecule has 0 radical (unpaired) electrons. The van der Waals surface area contributed by atoms with Crippen LogP contribution in [0.2, 0.25) is 0 Å². The summed E-state index contributed by atoms with van der Waals surface area (Å²) >= 11 is 5.22. The van der Waals surface area contributed by atoms with Crippen molar-refractivity contribution in [1.29, 1.82) is 0 Å². The SMILES string of the molecule is O=C1OCC(C(F)(F)F)=CC1Cl. The van der Waals surface area contributed by atoms with Gasteiger partial charge < -0.3 is 4.74 Å². The van der Waals surface area contributed by atoms with Crippen molar-refractivity contribution in [3.8, 4) is 0 Å². The number of esters is 1. The number of hydrogen-bond acceptors (Lipinski definition) is 2. The first-order valence-corrected chi connectivity index (χ1v) is 3.43. The maximum atomic E-state index is 11.9. The summed E-state index contributed by atoms with van der Waals surface area (Å²) in [6, 6.07) is 0. The molecule has 0 N–H and O–H groups in total. The molecule has 0 fully saturated rings. The molecule has 0 aliphatic carbocycles. The Morgan fingerprint density at radius 3 is 2.58 bits per heavy atom. The molecular formula is C6H4ClF3O2. The fourth-order valence-corrected chi connectivity index (χ4v) is 0.913. The van der Waals surface area contributed by atoms with Crippen molar-refractivity contribution >= 4 is 17.6 Å². The molecule has 1 aliphatic rings. The second-order valence-electron chi connectivity index (χ2n) is 2.20. The first-order chi connectivity index (χ1) is 5.41. The predicted molar refractivity (Wildman–Crippen MR) is 34.7 cm³/mol. The summed E-state index contributed by atoms with van der Waals surface area (Å²) in [6.07, 6.45) is -3.80. The minimum atomic E-state index is -4.46. The molecule has 12 heavy (non-hydrogen) atoms. The lowest BCUT2D eigenvalue weighted by atomic mass is 10.2. The Hall–Kier alpha value is -0.710. The molecule has 1 heterocycles. The molecule has 0 aromatic carbocycles. The molecular weight excluding hydrogens is 197 g/mol. The van der Waals surface area contributed by atoms with Gasteiger partial charge >= 0.3 is 12.1 Å². The number of cyclic esters (lactones) is 1. The van der Waals surface area contributed by atoms with Gasteiger partial charge in [0, 0.05) is 0 Å². The zero-order chi connectivity index (χ0) is 9.35. The maximum absolute atomic E-state index is 11.9. The van der Waals surface area contributed by atoms with Gasteiger partial charge in [-0.15, -0.1) is 11.6 Å². The third kappa shape index (κ3) is 1.91. The average molecular weight is 201 g/mol. The van der Waals surface area contributed by atoms with E-state index in [1.807, 2.05) is 0 Å². The van der Waals surface area contributed by atoms with Gasteiger partial charge in [-0.2, -0.15) is 13.2 Å². The van der Waals surface area contributed by atoms with Crippen LogP contribution in [0.1, 0.15) is 0 Å². The Morgan fingerprint density at radius 2 is 2.17 bits per heavy atom. The van der Waals surface area contributed by atoms with E-state index >= 15 is 0 Å². The van der Waals surface area contributed by atoms with Gasteiger partial charge in [-0.05, 0) is 6.08 Å². The van der Waals surface area contributed by atoms with Gasteiger partial charge in [0.15, 0.2) is 0 Å². The van der Waals surface area contributed by atoms with Crippen molar-refractivity contribution in [3.05, 3.63) is 11.6 Å². The van der Waals surface area contributed by atoms with E-state index in [9.17, 15) is 18.0 Å². The molecule has 0 saturated heterocycles. The van der Waals surface area contributed by atoms with Gasteiger partial charge in [0.05, 0.1) is 5.57 Å². The molecule has 1 unspecified atom stereocenters. The van der Waals surface area contributed by atoms with Gasteiger partial charge in [-0.3, -0.25) is 4.79 Å².